The summed E-state index contributed by atoms with van der Waals surface area (Å²) in [5, 5.41) is 5.51. The molecule has 5 nitrogen and oxygen atoms in total. The predicted molar refractivity (Wildman–Crippen MR) is 93.1 cm³/mol. The van der Waals surface area contributed by atoms with E-state index in [9.17, 15) is 27.2 Å². The number of piperidine rings is 1. The predicted octanol–water partition coefficient (Wildman–Crippen LogP) is 3.03. The first-order chi connectivity index (χ1) is 13.2. The third-order valence-corrected chi connectivity index (χ3v) is 6.16. The first-order valence-corrected chi connectivity index (χ1v) is 10.2. The summed E-state index contributed by atoms with van der Waals surface area (Å²) in [4.78, 5) is 24.3. The van der Waals surface area contributed by atoms with Gasteiger partial charge in [-0.1, -0.05) is 0 Å². The van der Waals surface area contributed by atoms with Crippen molar-refractivity contribution in [2.45, 2.75) is 88.4 Å². The van der Waals surface area contributed by atoms with Crippen molar-refractivity contribution in [1.82, 2.24) is 10.6 Å². The number of carbonyl (C=O) groups is 2. The maximum atomic E-state index is 13.3. The standard InChI is InChI=1S/C19H28F4N2O3/c20-12-2-4-14(5-3-12)28-16-9-11(19(21,22)23)1-6-15(16)18(27)25-13-7-8-24-17(26)10-13/h11-16H,1-10H2,(H,24,26)(H,25,27). The highest BCUT2D eigenvalue weighted by atomic mass is 19.4. The Hall–Kier alpha value is -1.38. The van der Waals surface area contributed by atoms with Crippen LogP contribution in [-0.4, -0.2) is 49.0 Å². The fourth-order valence-corrected chi connectivity index (χ4v) is 4.50. The molecule has 0 spiro atoms. The summed E-state index contributed by atoms with van der Waals surface area (Å²) in [5.74, 6) is -2.65. The fourth-order valence-electron chi connectivity index (χ4n) is 4.50. The normalized spacial score (nSPS) is 37.2. The summed E-state index contributed by atoms with van der Waals surface area (Å²) >= 11 is 0. The van der Waals surface area contributed by atoms with Crippen molar-refractivity contribution in [3.63, 3.8) is 0 Å². The van der Waals surface area contributed by atoms with Crippen molar-refractivity contribution in [2.24, 2.45) is 11.8 Å². The summed E-state index contributed by atoms with van der Waals surface area (Å²) in [6.07, 6.45) is -4.22. The summed E-state index contributed by atoms with van der Waals surface area (Å²) in [5.41, 5.74) is 0. The molecule has 4 unspecified atom stereocenters. The summed E-state index contributed by atoms with van der Waals surface area (Å²) in [6.45, 7) is 0.469. The Bertz CT molecular complexity index is 564. The molecule has 160 valence electrons. The van der Waals surface area contributed by atoms with Gasteiger partial charge in [-0.3, -0.25) is 9.59 Å². The van der Waals surface area contributed by atoms with Gasteiger partial charge in [-0.15, -0.1) is 0 Å². The smallest absolute Gasteiger partial charge is 0.374 e. The van der Waals surface area contributed by atoms with E-state index in [1.54, 1.807) is 0 Å². The second kappa shape index (κ2) is 8.97. The second-order valence-corrected chi connectivity index (χ2v) is 8.25. The van der Waals surface area contributed by atoms with E-state index in [0.29, 0.717) is 38.6 Å². The first kappa shape index (κ1) is 21.3. The quantitative estimate of drug-likeness (QED) is 0.703. The molecule has 3 rings (SSSR count). The number of rotatable bonds is 4. The zero-order chi connectivity index (χ0) is 20.3. The van der Waals surface area contributed by atoms with Gasteiger partial charge in [0.2, 0.25) is 11.8 Å². The molecule has 2 N–H and O–H groups in total. The van der Waals surface area contributed by atoms with Gasteiger partial charge in [0.25, 0.3) is 0 Å². The fraction of sp³-hybridized carbons (Fsp3) is 0.895. The van der Waals surface area contributed by atoms with Gasteiger partial charge in [0.1, 0.15) is 6.17 Å². The summed E-state index contributed by atoms with van der Waals surface area (Å²) in [7, 11) is 0. The van der Waals surface area contributed by atoms with Gasteiger partial charge in [-0.2, -0.15) is 13.2 Å². The number of amides is 2. The zero-order valence-corrected chi connectivity index (χ0v) is 15.8. The highest BCUT2D eigenvalue weighted by molar-refractivity contribution is 5.82. The van der Waals surface area contributed by atoms with Crippen molar-refractivity contribution in [3.05, 3.63) is 0 Å². The summed E-state index contributed by atoms with van der Waals surface area (Å²) in [6, 6.07) is -0.302. The minimum Gasteiger partial charge on any atom is -0.374 e. The second-order valence-electron chi connectivity index (χ2n) is 8.25. The molecule has 2 aliphatic carbocycles. The molecule has 2 amide bonds. The van der Waals surface area contributed by atoms with E-state index in [0.717, 1.165) is 0 Å². The topological polar surface area (TPSA) is 67.4 Å². The highest BCUT2D eigenvalue weighted by Gasteiger charge is 2.47. The van der Waals surface area contributed by atoms with Crippen LogP contribution in [-0.2, 0) is 14.3 Å². The van der Waals surface area contributed by atoms with Gasteiger partial charge >= 0.3 is 6.18 Å². The number of hydrogen-bond donors (Lipinski definition) is 2. The molecule has 9 heteroatoms. The SMILES string of the molecule is O=C1CC(NC(=O)C2CCC(C(F)(F)F)CC2OC2CCC(F)CC2)CCN1. The number of halogens is 4. The van der Waals surface area contributed by atoms with Crippen LogP contribution in [0.2, 0.25) is 0 Å². The molecule has 4 atom stereocenters. The maximum absolute atomic E-state index is 13.3. The first-order valence-electron chi connectivity index (χ1n) is 10.2. The number of carbonyl (C=O) groups excluding carboxylic acids is 2. The van der Waals surface area contributed by atoms with E-state index in [1.165, 1.54) is 0 Å². The Labute approximate surface area is 161 Å². The van der Waals surface area contributed by atoms with Gasteiger partial charge in [0, 0.05) is 19.0 Å². The molecule has 3 fully saturated rings. The maximum Gasteiger partial charge on any atom is 0.391 e. The van der Waals surface area contributed by atoms with Crippen LogP contribution < -0.4 is 10.6 Å². The number of ether oxygens (including phenoxy) is 1. The molecular weight excluding hydrogens is 380 g/mol. The van der Waals surface area contributed by atoms with Crippen molar-refractivity contribution in [1.29, 1.82) is 0 Å². The van der Waals surface area contributed by atoms with Gasteiger partial charge in [0.05, 0.1) is 24.0 Å². The zero-order valence-electron chi connectivity index (χ0n) is 15.8. The van der Waals surface area contributed by atoms with E-state index >= 15 is 0 Å². The molecule has 1 heterocycles. The molecule has 0 radical (unpaired) electrons. The van der Waals surface area contributed by atoms with Crippen molar-refractivity contribution >= 4 is 11.8 Å². The third-order valence-electron chi connectivity index (χ3n) is 6.16. The van der Waals surface area contributed by atoms with Crippen LogP contribution >= 0.6 is 0 Å². The molecule has 0 aromatic rings. The minimum absolute atomic E-state index is 0.0953. The van der Waals surface area contributed by atoms with Crippen LogP contribution in [0.1, 0.15) is 57.8 Å². The average Bonchev–Trinajstić information content (AvgIpc) is 2.63. The van der Waals surface area contributed by atoms with Crippen molar-refractivity contribution in [2.75, 3.05) is 6.54 Å². The minimum atomic E-state index is -4.32. The van der Waals surface area contributed by atoms with Crippen LogP contribution in [0.25, 0.3) is 0 Å². The van der Waals surface area contributed by atoms with Crippen molar-refractivity contribution < 1.29 is 31.9 Å². The van der Waals surface area contributed by atoms with Gasteiger partial charge in [0.15, 0.2) is 0 Å². The lowest BCUT2D eigenvalue weighted by atomic mass is 9.78. The molecule has 3 aliphatic rings. The summed E-state index contributed by atoms with van der Waals surface area (Å²) < 4.78 is 59.0. The van der Waals surface area contributed by atoms with Crippen LogP contribution in [0.15, 0.2) is 0 Å². The Morgan fingerprint density at radius 2 is 1.79 bits per heavy atom. The Balaban J connectivity index is 1.64. The Morgan fingerprint density at radius 3 is 2.43 bits per heavy atom. The van der Waals surface area contributed by atoms with Crippen molar-refractivity contribution in [3.8, 4) is 0 Å². The van der Waals surface area contributed by atoms with E-state index in [-0.39, 0.29) is 49.6 Å². The number of hydrogen-bond acceptors (Lipinski definition) is 3. The molecule has 1 aliphatic heterocycles. The average molecular weight is 408 g/mol. The van der Waals surface area contributed by atoms with E-state index < -0.39 is 30.3 Å². The van der Waals surface area contributed by atoms with Crippen LogP contribution in [0, 0.1) is 11.8 Å². The van der Waals surface area contributed by atoms with Crippen LogP contribution in [0.4, 0.5) is 17.6 Å². The van der Waals surface area contributed by atoms with Crippen LogP contribution in [0.3, 0.4) is 0 Å². The Morgan fingerprint density at radius 1 is 1.07 bits per heavy atom. The van der Waals surface area contributed by atoms with Gasteiger partial charge in [-0.05, 0) is 51.4 Å². The lowest BCUT2D eigenvalue weighted by molar-refractivity contribution is -0.203. The highest BCUT2D eigenvalue weighted by Crippen LogP contribution is 2.42. The van der Waals surface area contributed by atoms with Gasteiger partial charge < -0.3 is 15.4 Å². The molecule has 28 heavy (non-hydrogen) atoms. The largest absolute Gasteiger partial charge is 0.391 e. The van der Waals surface area contributed by atoms with E-state index in [4.69, 9.17) is 4.74 Å². The molecule has 2 saturated carbocycles. The van der Waals surface area contributed by atoms with E-state index in [2.05, 4.69) is 10.6 Å². The molecule has 0 bridgehead atoms. The number of alkyl halides is 4. The molecule has 0 aromatic heterocycles. The lowest BCUT2D eigenvalue weighted by Gasteiger charge is -2.39. The monoisotopic (exact) mass is 408 g/mol. The third kappa shape index (κ3) is 5.58. The van der Waals surface area contributed by atoms with Gasteiger partial charge in [-0.25, -0.2) is 4.39 Å². The van der Waals surface area contributed by atoms with E-state index in [1.807, 2.05) is 0 Å². The molecule has 1 saturated heterocycles. The molecule has 0 aromatic carbocycles. The Kier molecular flexibility index (Phi) is 6.83. The molecular formula is C19H28F4N2O3. The lowest BCUT2D eigenvalue weighted by Crippen LogP contribution is -2.51. The number of nitrogens with one attached hydrogen (secondary N) is 2. The van der Waals surface area contributed by atoms with Crippen LogP contribution in [0.5, 0.6) is 0 Å².